The maximum atomic E-state index is 12.0. The van der Waals surface area contributed by atoms with Crippen LogP contribution in [0.2, 0.25) is 0 Å². The van der Waals surface area contributed by atoms with Crippen LogP contribution in [0.3, 0.4) is 0 Å². The van der Waals surface area contributed by atoms with E-state index in [9.17, 15) is 4.57 Å². The first kappa shape index (κ1) is 8.69. The molecular weight excluding hydrogens is 167 g/mol. The molecule has 0 aromatic carbocycles. The van der Waals surface area contributed by atoms with Crippen molar-refractivity contribution in [1.29, 1.82) is 0 Å². The zero-order chi connectivity index (χ0) is 8.39. The highest BCUT2D eigenvalue weighted by Crippen LogP contribution is 2.48. The second-order valence-corrected chi connectivity index (χ2v) is 6.42. The maximum absolute atomic E-state index is 12.0. The summed E-state index contributed by atoms with van der Waals surface area (Å²) in [4.78, 5) is 0. The molecule has 69 valence electrons. The van der Waals surface area contributed by atoms with Crippen LogP contribution in [0.4, 0.5) is 0 Å². The van der Waals surface area contributed by atoms with Gasteiger partial charge in [-0.2, -0.15) is 0 Å². The van der Waals surface area contributed by atoms with E-state index in [2.05, 4.69) is 0 Å². The second-order valence-electron chi connectivity index (χ2n) is 4.24. The Bertz CT molecular complexity index is 149. The van der Waals surface area contributed by atoms with E-state index in [1.165, 1.54) is 51.4 Å². The number of hydrogen-bond donors (Lipinski definition) is 0. The van der Waals surface area contributed by atoms with Gasteiger partial charge in [-0.15, -0.1) is 0 Å². The largest absolute Gasteiger partial charge is 0.287 e. The molecule has 0 unspecified atom stereocenters. The fraction of sp³-hybridized carbons (Fsp3) is 1.00. The summed E-state index contributed by atoms with van der Waals surface area (Å²) in [6, 6.07) is 0. The highest BCUT2D eigenvalue weighted by Gasteiger charge is 2.29. The summed E-state index contributed by atoms with van der Waals surface area (Å²) in [6.07, 6.45) is 10.3. The van der Waals surface area contributed by atoms with Crippen molar-refractivity contribution < 1.29 is 4.57 Å². The molecule has 0 aliphatic heterocycles. The van der Waals surface area contributed by atoms with Gasteiger partial charge < -0.3 is 0 Å². The minimum absolute atomic E-state index is 0.614. The minimum Gasteiger partial charge on any atom is -0.287 e. The van der Waals surface area contributed by atoms with Crippen LogP contribution in [0.1, 0.15) is 51.4 Å². The molecule has 2 rings (SSSR count). The summed E-state index contributed by atoms with van der Waals surface area (Å²) in [5.41, 5.74) is 1.23. The standard InChI is InChI=1S/C10H18OP/c11-12(9-5-1-2-6-9)10-7-3-4-8-10/h9-10H,1-8H2. The van der Waals surface area contributed by atoms with Crippen molar-refractivity contribution in [1.82, 2.24) is 0 Å². The lowest BCUT2D eigenvalue weighted by Gasteiger charge is -2.13. The van der Waals surface area contributed by atoms with Crippen LogP contribution < -0.4 is 0 Å². The lowest BCUT2D eigenvalue weighted by Crippen LogP contribution is -2.03. The van der Waals surface area contributed by atoms with Crippen LogP contribution in [-0.4, -0.2) is 11.3 Å². The Morgan fingerprint density at radius 2 is 1.08 bits per heavy atom. The normalized spacial score (nSPS) is 26.7. The number of hydrogen-bond acceptors (Lipinski definition) is 1. The second kappa shape index (κ2) is 3.87. The molecule has 0 saturated heterocycles. The highest BCUT2D eigenvalue weighted by atomic mass is 31.1. The van der Waals surface area contributed by atoms with Crippen molar-refractivity contribution in [2.24, 2.45) is 0 Å². The van der Waals surface area contributed by atoms with Crippen LogP contribution in [0.5, 0.6) is 0 Å². The first-order valence-corrected chi connectivity index (χ1v) is 6.73. The average Bonchev–Trinajstić information content (AvgIpc) is 2.77. The third kappa shape index (κ3) is 1.71. The van der Waals surface area contributed by atoms with Crippen LogP contribution >= 0.6 is 7.80 Å². The predicted molar refractivity (Wildman–Crippen MR) is 52.1 cm³/mol. The zero-order valence-corrected chi connectivity index (χ0v) is 8.56. The van der Waals surface area contributed by atoms with E-state index in [1.54, 1.807) is 0 Å². The van der Waals surface area contributed by atoms with Crippen LogP contribution in [0.15, 0.2) is 0 Å². The third-order valence-electron chi connectivity index (χ3n) is 3.37. The smallest absolute Gasteiger partial charge is 0.0781 e. The van der Waals surface area contributed by atoms with Crippen molar-refractivity contribution in [3.05, 3.63) is 0 Å². The Morgan fingerprint density at radius 1 is 0.750 bits per heavy atom. The average molecular weight is 185 g/mol. The molecule has 0 bridgehead atoms. The summed E-state index contributed by atoms with van der Waals surface area (Å²) in [5, 5.41) is 0. The SMILES string of the molecule is O=[P](C1CCCC1)C1CCCC1. The summed E-state index contributed by atoms with van der Waals surface area (Å²) in [6.45, 7) is 0. The van der Waals surface area contributed by atoms with Crippen LogP contribution in [0, 0.1) is 0 Å². The highest BCUT2D eigenvalue weighted by molar-refractivity contribution is 7.46. The molecule has 2 aliphatic carbocycles. The van der Waals surface area contributed by atoms with Gasteiger partial charge in [-0.25, -0.2) is 0 Å². The molecule has 2 fully saturated rings. The molecule has 0 atom stereocenters. The van der Waals surface area contributed by atoms with E-state index in [0.29, 0.717) is 11.3 Å². The van der Waals surface area contributed by atoms with Crippen molar-refractivity contribution in [2.45, 2.75) is 62.7 Å². The van der Waals surface area contributed by atoms with Crippen LogP contribution in [-0.2, 0) is 4.57 Å². The Labute approximate surface area is 75.7 Å². The molecule has 0 aromatic rings. The summed E-state index contributed by atoms with van der Waals surface area (Å²) in [7, 11) is -0.833. The van der Waals surface area contributed by atoms with E-state index in [4.69, 9.17) is 0 Å². The molecule has 0 heterocycles. The van der Waals surface area contributed by atoms with Gasteiger partial charge in [0.05, 0.1) is 7.80 Å². The molecule has 2 saturated carbocycles. The Hall–Kier alpha value is 0.100. The van der Waals surface area contributed by atoms with Crippen molar-refractivity contribution in [3.8, 4) is 0 Å². The van der Waals surface area contributed by atoms with E-state index in [1.807, 2.05) is 0 Å². The van der Waals surface area contributed by atoms with Gasteiger partial charge in [0.2, 0.25) is 0 Å². The van der Waals surface area contributed by atoms with E-state index < -0.39 is 7.80 Å². The molecule has 0 N–H and O–H groups in total. The molecule has 2 heteroatoms. The Morgan fingerprint density at radius 3 is 1.42 bits per heavy atom. The summed E-state index contributed by atoms with van der Waals surface area (Å²) >= 11 is 0. The Balaban J connectivity index is 1.89. The van der Waals surface area contributed by atoms with E-state index >= 15 is 0 Å². The van der Waals surface area contributed by atoms with E-state index in [0.717, 1.165) is 0 Å². The molecule has 12 heavy (non-hydrogen) atoms. The third-order valence-corrected chi connectivity index (χ3v) is 5.84. The molecule has 0 amide bonds. The first-order valence-electron chi connectivity index (χ1n) is 5.33. The van der Waals surface area contributed by atoms with Gasteiger partial charge in [0.25, 0.3) is 0 Å². The monoisotopic (exact) mass is 185 g/mol. The Kier molecular flexibility index (Phi) is 2.80. The van der Waals surface area contributed by atoms with Gasteiger partial charge in [-0.1, -0.05) is 25.7 Å². The summed E-state index contributed by atoms with van der Waals surface area (Å²) < 4.78 is 12.0. The van der Waals surface area contributed by atoms with Gasteiger partial charge in [-0.05, 0) is 25.7 Å². The first-order chi connectivity index (χ1) is 5.88. The lowest BCUT2D eigenvalue weighted by molar-refractivity contribution is 0.567. The molecule has 0 spiro atoms. The van der Waals surface area contributed by atoms with Gasteiger partial charge in [-0.3, -0.25) is 4.57 Å². The predicted octanol–water partition coefficient (Wildman–Crippen LogP) is 3.70. The minimum atomic E-state index is -0.833. The quantitative estimate of drug-likeness (QED) is 0.599. The van der Waals surface area contributed by atoms with E-state index in [-0.39, 0.29) is 0 Å². The van der Waals surface area contributed by atoms with Crippen LogP contribution in [0.25, 0.3) is 0 Å². The van der Waals surface area contributed by atoms with Gasteiger partial charge in [0.15, 0.2) is 0 Å². The molecular formula is C10H18OP. The van der Waals surface area contributed by atoms with Gasteiger partial charge in [0, 0.05) is 11.3 Å². The molecule has 2 aliphatic rings. The van der Waals surface area contributed by atoms with Crippen molar-refractivity contribution >= 4 is 7.80 Å². The topological polar surface area (TPSA) is 17.1 Å². The van der Waals surface area contributed by atoms with Crippen molar-refractivity contribution in [3.63, 3.8) is 0 Å². The number of rotatable bonds is 2. The molecule has 0 aromatic heterocycles. The lowest BCUT2D eigenvalue weighted by atomic mass is 10.4. The van der Waals surface area contributed by atoms with Gasteiger partial charge in [0.1, 0.15) is 0 Å². The zero-order valence-electron chi connectivity index (χ0n) is 7.67. The maximum Gasteiger partial charge on any atom is 0.0781 e. The molecule has 1 radical (unpaired) electrons. The fourth-order valence-electron chi connectivity index (χ4n) is 2.62. The summed E-state index contributed by atoms with van der Waals surface area (Å²) in [5.74, 6) is 0. The van der Waals surface area contributed by atoms with Gasteiger partial charge >= 0.3 is 0 Å². The fourth-order valence-corrected chi connectivity index (χ4v) is 4.96. The van der Waals surface area contributed by atoms with Crippen molar-refractivity contribution in [2.75, 3.05) is 0 Å². The molecule has 1 nitrogen and oxygen atoms in total.